The predicted octanol–water partition coefficient (Wildman–Crippen LogP) is -0.643. The molecule has 1 fully saturated rings. The summed E-state index contributed by atoms with van der Waals surface area (Å²) >= 11 is 6.10. The third-order valence-corrected chi connectivity index (χ3v) is 4.77. The van der Waals surface area contributed by atoms with Gasteiger partial charge in [0.25, 0.3) is 0 Å². The molecule has 134 valence electrons. The zero-order valence-electron chi connectivity index (χ0n) is 12.6. The van der Waals surface area contributed by atoms with Gasteiger partial charge >= 0.3 is 7.82 Å². The molecule has 4 atom stereocenters. The number of aryl methyl sites for hydroxylation is 1. The number of halogens is 1. The minimum atomic E-state index is -4.70. The van der Waals surface area contributed by atoms with Crippen LogP contribution in [-0.2, 0) is 20.2 Å². The molecule has 0 amide bonds. The van der Waals surface area contributed by atoms with E-state index < -0.39 is 39.0 Å². The number of phosphoric ester groups is 1. The Kier molecular flexibility index (Phi) is 4.84. The molecule has 1 aromatic rings. The maximum Gasteiger partial charge on any atom is 0.469 e. The van der Waals surface area contributed by atoms with Gasteiger partial charge in [-0.05, 0) is 13.3 Å². The quantitative estimate of drug-likeness (QED) is 0.392. The van der Waals surface area contributed by atoms with Gasteiger partial charge in [-0.25, -0.2) is 14.5 Å². The van der Waals surface area contributed by atoms with Crippen molar-refractivity contribution in [3.8, 4) is 0 Å². The van der Waals surface area contributed by atoms with E-state index in [0.29, 0.717) is 29.8 Å². The lowest BCUT2D eigenvalue weighted by atomic mass is 10.1. The number of hydrogen-bond acceptors (Lipinski definition) is 8. The van der Waals surface area contributed by atoms with E-state index >= 15 is 0 Å². The number of ether oxygens (including phenoxy) is 1. The van der Waals surface area contributed by atoms with Crippen LogP contribution in [0.25, 0.3) is 0 Å². The molecule has 0 aliphatic carbocycles. The average Bonchev–Trinajstić information content (AvgIpc) is 3.00. The first-order valence-electron chi connectivity index (χ1n) is 7.18. The van der Waals surface area contributed by atoms with Gasteiger partial charge in [-0.15, -0.1) is 0 Å². The van der Waals surface area contributed by atoms with Crippen molar-refractivity contribution in [3.05, 3.63) is 16.5 Å². The first-order valence-corrected chi connectivity index (χ1v) is 9.09. The Labute approximate surface area is 142 Å². The molecule has 2 aliphatic rings. The highest BCUT2D eigenvalue weighted by molar-refractivity contribution is 7.46. The van der Waals surface area contributed by atoms with Crippen molar-refractivity contribution >= 4 is 25.2 Å². The number of nitrogens with zero attached hydrogens (tertiary/aromatic N) is 3. The number of aliphatic hydroxyl groups excluding tert-OH is 2. The second-order valence-electron chi connectivity index (χ2n) is 5.64. The summed E-state index contributed by atoms with van der Waals surface area (Å²) in [6, 6.07) is 0. The van der Waals surface area contributed by atoms with Gasteiger partial charge in [0.1, 0.15) is 35.1 Å². The van der Waals surface area contributed by atoms with Crippen LogP contribution in [0, 0.1) is 6.92 Å². The van der Waals surface area contributed by atoms with Crippen molar-refractivity contribution in [2.45, 2.75) is 37.9 Å². The fourth-order valence-corrected chi connectivity index (χ4v) is 3.52. The van der Waals surface area contributed by atoms with Crippen molar-refractivity contribution in [3.63, 3.8) is 0 Å². The fourth-order valence-electron chi connectivity index (χ4n) is 2.88. The number of anilines is 1. The summed E-state index contributed by atoms with van der Waals surface area (Å²) in [5, 5.41) is 20.6. The number of hydrogen-bond donors (Lipinski definition) is 4. The maximum absolute atomic E-state index is 10.8. The Bertz CT molecular complexity index is 687. The minimum absolute atomic E-state index is 0.328. The predicted molar refractivity (Wildman–Crippen MR) is 81.5 cm³/mol. The molecule has 0 saturated carbocycles. The lowest BCUT2D eigenvalue weighted by molar-refractivity contribution is -0.0217. The monoisotopic (exact) mass is 381 g/mol. The molecule has 12 heteroatoms. The highest BCUT2D eigenvalue weighted by Gasteiger charge is 2.48. The van der Waals surface area contributed by atoms with E-state index in [9.17, 15) is 14.8 Å². The fraction of sp³-hybridized carbons (Fsp3) is 0.667. The summed E-state index contributed by atoms with van der Waals surface area (Å²) in [7, 11) is -4.70. The summed E-state index contributed by atoms with van der Waals surface area (Å²) in [6.45, 7) is 1.58. The number of fused-ring (bicyclic) bond motifs is 1. The van der Waals surface area contributed by atoms with Gasteiger partial charge in [0.2, 0.25) is 0 Å². The lowest BCUT2D eigenvalue weighted by Gasteiger charge is -2.27. The molecule has 0 spiro atoms. The molecule has 0 aromatic carbocycles. The zero-order valence-corrected chi connectivity index (χ0v) is 14.3. The second-order valence-corrected chi connectivity index (χ2v) is 7.24. The van der Waals surface area contributed by atoms with Crippen molar-refractivity contribution in [1.82, 2.24) is 9.97 Å². The van der Waals surface area contributed by atoms with E-state index in [2.05, 4.69) is 14.5 Å². The van der Waals surface area contributed by atoms with Gasteiger partial charge in [-0.2, -0.15) is 0 Å². The van der Waals surface area contributed by atoms with Crippen LogP contribution in [0.15, 0.2) is 0 Å². The Morgan fingerprint density at radius 2 is 2.08 bits per heavy atom. The van der Waals surface area contributed by atoms with Crippen LogP contribution in [-0.4, -0.2) is 67.7 Å². The smallest absolute Gasteiger partial charge is 0.387 e. The van der Waals surface area contributed by atoms with E-state index in [1.807, 2.05) is 0 Å². The molecule has 4 N–H and O–H groups in total. The van der Waals surface area contributed by atoms with Crippen LogP contribution in [0.4, 0.5) is 5.82 Å². The van der Waals surface area contributed by atoms with Crippen LogP contribution in [0.3, 0.4) is 0 Å². The molecule has 0 unspecified atom stereocenters. The van der Waals surface area contributed by atoms with E-state index in [1.54, 1.807) is 11.8 Å². The summed E-state index contributed by atoms with van der Waals surface area (Å²) in [4.78, 5) is 27.5. The number of aromatic nitrogens is 2. The normalized spacial score (nSPS) is 30.0. The first kappa shape index (κ1) is 18.0. The average molecular weight is 382 g/mol. The summed E-state index contributed by atoms with van der Waals surface area (Å²) < 4.78 is 20.7. The highest BCUT2D eigenvalue weighted by Crippen LogP contribution is 2.39. The van der Waals surface area contributed by atoms with Crippen LogP contribution >= 0.6 is 19.4 Å². The maximum atomic E-state index is 10.8. The highest BCUT2D eigenvalue weighted by atomic mass is 35.5. The van der Waals surface area contributed by atoms with E-state index in [0.717, 1.165) is 5.56 Å². The summed E-state index contributed by atoms with van der Waals surface area (Å²) in [5.41, 5.74) is 0.725. The number of rotatable bonds is 4. The summed E-state index contributed by atoms with van der Waals surface area (Å²) in [6.07, 6.45) is -4.11. The van der Waals surface area contributed by atoms with Crippen LogP contribution < -0.4 is 4.90 Å². The van der Waals surface area contributed by atoms with E-state index in [4.69, 9.17) is 26.1 Å². The van der Waals surface area contributed by atoms with E-state index in [1.165, 1.54) is 0 Å². The molecule has 2 aliphatic heterocycles. The third-order valence-electron chi connectivity index (χ3n) is 3.97. The van der Waals surface area contributed by atoms with Gasteiger partial charge in [-0.1, -0.05) is 11.6 Å². The first-order chi connectivity index (χ1) is 11.2. The Balaban J connectivity index is 1.79. The molecule has 1 saturated heterocycles. The van der Waals surface area contributed by atoms with Gasteiger partial charge in [0, 0.05) is 12.1 Å². The van der Waals surface area contributed by atoms with Gasteiger partial charge < -0.3 is 29.6 Å². The Morgan fingerprint density at radius 3 is 2.75 bits per heavy atom. The minimum Gasteiger partial charge on any atom is -0.387 e. The van der Waals surface area contributed by atoms with E-state index in [-0.39, 0.29) is 0 Å². The van der Waals surface area contributed by atoms with Gasteiger partial charge in [0.05, 0.1) is 6.61 Å². The largest absolute Gasteiger partial charge is 0.469 e. The van der Waals surface area contributed by atoms with Crippen molar-refractivity contribution in [2.75, 3.05) is 18.1 Å². The standard InChI is InChI=1S/C12H17ClN3O7P/c1-5-14-10(13)6-2-3-16(11(6)15-5)12-9(18)8(17)7(23-12)4-22-24(19,20)21/h7-9,12,17-18H,2-4H2,1H3,(H2,19,20,21)/t7-,8-,9-,12-/m1/s1. The molecule has 0 bridgehead atoms. The van der Waals surface area contributed by atoms with Crippen LogP contribution in [0.5, 0.6) is 0 Å². The molecule has 10 nitrogen and oxygen atoms in total. The van der Waals surface area contributed by atoms with Crippen molar-refractivity contribution in [1.29, 1.82) is 0 Å². The molecule has 0 radical (unpaired) electrons. The molecule has 24 heavy (non-hydrogen) atoms. The molecule has 3 rings (SSSR count). The number of aliphatic hydroxyl groups is 2. The SMILES string of the molecule is Cc1nc(Cl)c2c(n1)N([C@@H]1O[C@H](COP(=O)(O)O)[C@@H](O)[C@H]1O)CC2. The molecular weight excluding hydrogens is 365 g/mol. The Morgan fingerprint density at radius 1 is 1.38 bits per heavy atom. The zero-order chi connectivity index (χ0) is 17.6. The molecular formula is C12H17ClN3O7P. The third kappa shape index (κ3) is 3.42. The number of phosphoric acid groups is 1. The van der Waals surface area contributed by atoms with Gasteiger partial charge in [0.15, 0.2) is 6.23 Å². The van der Waals surface area contributed by atoms with Crippen molar-refractivity contribution < 1.29 is 33.8 Å². The summed E-state index contributed by atoms with van der Waals surface area (Å²) in [5.74, 6) is 0.973. The second kappa shape index (κ2) is 6.47. The van der Waals surface area contributed by atoms with Crippen LogP contribution in [0.2, 0.25) is 5.15 Å². The Hall–Kier alpha value is -0.840. The lowest BCUT2D eigenvalue weighted by Crippen LogP contribution is -2.43. The van der Waals surface area contributed by atoms with Crippen LogP contribution in [0.1, 0.15) is 11.4 Å². The molecule has 3 heterocycles. The van der Waals surface area contributed by atoms with Crippen molar-refractivity contribution in [2.24, 2.45) is 0 Å². The topological polar surface area (TPSA) is 145 Å². The van der Waals surface area contributed by atoms with Gasteiger partial charge in [-0.3, -0.25) is 4.52 Å². The molecule has 1 aromatic heterocycles.